The molecule has 0 radical (unpaired) electrons. The van der Waals surface area contributed by atoms with Crippen molar-refractivity contribution in [3.8, 4) is 0 Å². The van der Waals surface area contributed by atoms with E-state index in [1.54, 1.807) is 45.9 Å². The van der Waals surface area contributed by atoms with Crippen LogP contribution in [0.1, 0.15) is 33.3 Å². The second-order valence-electron chi connectivity index (χ2n) is 7.34. The monoisotopic (exact) mass is 422 g/mol. The van der Waals surface area contributed by atoms with Gasteiger partial charge in [-0.15, -0.1) is 0 Å². The first-order chi connectivity index (χ1) is 11.9. The van der Waals surface area contributed by atoms with Crippen LogP contribution >= 0.6 is 23.2 Å². The third-order valence-corrected chi connectivity index (χ3v) is 6.58. The molecule has 0 spiro atoms. The standard InChI is InChI=1S/C17H24Cl2N2O4S/c1-12-10-20(16(22)25-17(2,3)4)8-9-21(12)26(23,24)11-13-14(18)6-5-7-15(13)19/h5-7,12H,8-11H2,1-4H3. The number of carbonyl (C=O) groups is 1. The molecule has 1 amide bonds. The molecule has 1 aromatic carbocycles. The Labute approximate surface area is 165 Å². The van der Waals surface area contributed by atoms with Gasteiger partial charge in [0.15, 0.2) is 0 Å². The second kappa shape index (κ2) is 7.92. The van der Waals surface area contributed by atoms with Crippen LogP contribution in [0.15, 0.2) is 18.2 Å². The van der Waals surface area contributed by atoms with E-state index in [1.807, 2.05) is 0 Å². The lowest BCUT2D eigenvalue weighted by Gasteiger charge is -2.39. The van der Waals surface area contributed by atoms with Crippen LogP contribution in [0.3, 0.4) is 0 Å². The molecule has 1 fully saturated rings. The van der Waals surface area contributed by atoms with E-state index >= 15 is 0 Å². The number of sulfonamides is 1. The van der Waals surface area contributed by atoms with Gasteiger partial charge in [0.2, 0.25) is 10.0 Å². The van der Waals surface area contributed by atoms with E-state index in [9.17, 15) is 13.2 Å². The fourth-order valence-electron chi connectivity index (χ4n) is 2.78. The van der Waals surface area contributed by atoms with Gasteiger partial charge in [-0.2, -0.15) is 4.31 Å². The minimum Gasteiger partial charge on any atom is -0.444 e. The Balaban J connectivity index is 2.10. The first kappa shape index (κ1) is 21.3. The van der Waals surface area contributed by atoms with Crippen molar-refractivity contribution in [3.63, 3.8) is 0 Å². The lowest BCUT2D eigenvalue weighted by molar-refractivity contribution is 0.0143. The molecule has 1 saturated heterocycles. The number of amides is 1. The van der Waals surface area contributed by atoms with Crippen molar-refractivity contribution in [1.29, 1.82) is 0 Å². The number of halogens is 2. The van der Waals surface area contributed by atoms with Gasteiger partial charge in [0.05, 0.1) is 5.75 Å². The van der Waals surface area contributed by atoms with Crippen LogP contribution in [-0.2, 0) is 20.5 Å². The minimum atomic E-state index is -3.63. The molecular weight excluding hydrogens is 399 g/mol. The topological polar surface area (TPSA) is 66.9 Å². The van der Waals surface area contributed by atoms with Gasteiger partial charge in [0.1, 0.15) is 5.60 Å². The number of rotatable bonds is 3. The Kier molecular flexibility index (Phi) is 6.48. The molecule has 1 aromatic rings. The lowest BCUT2D eigenvalue weighted by Crippen LogP contribution is -2.56. The Bertz CT molecular complexity index is 757. The second-order valence-corrected chi connectivity index (χ2v) is 10.1. The number of benzene rings is 1. The Morgan fingerprint density at radius 2 is 1.81 bits per heavy atom. The van der Waals surface area contributed by atoms with Crippen molar-refractivity contribution < 1.29 is 17.9 Å². The molecule has 9 heteroatoms. The predicted octanol–water partition coefficient (Wildman–Crippen LogP) is 3.76. The summed E-state index contributed by atoms with van der Waals surface area (Å²) in [6.45, 7) is 7.89. The summed E-state index contributed by atoms with van der Waals surface area (Å²) in [4.78, 5) is 13.7. The average Bonchev–Trinajstić information content (AvgIpc) is 2.49. The van der Waals surface area contributed by atoms with Crippen LogP contribution in [0.25, 0.3) is 0 Å². The largest absolute Gasteiger partial charge is 0.444 e. The summed E-state index contributed by atoms with van der Waals surface area (Å²) in [5.41, 5.74) is -0.206. The highest BCUT2D eigenvalue weighted by molar-refractivity contribution is 7.88. The van der Waals surface area contributed by atoms with E-state index in [0.717, 1.165) is 0 Å². The molecule has 0 saturated carbocycles. The molecule has 146 valence electrons. The summed E-state index contributed by atoms with van der Waals surface area (Å²) in [7, 11) is -3.63. The highest BCUT2D eigenvalue weighted by atomic mass is 35.5. The molecule has 0 aromatic heterocycles. The maximum atomic E-state index is 12.8. The summed E-state index contributed by atoms with van der Waals surface area (Å²) in [6.07, 6.45) is -0.435. The van der Waals surface area contributed by atoms with Crippen LogP contribution in [0.4, 0.5) is 4.79 Å². The third-order valence-electron chi connectivity index (χ3n) is 3.96. The summed E-state index contributed by atoms with van der Waals surface area (Å²) >= 11 is 12.2. The molecule has 0 N–H and O–H groups in total. The van der Waals surface area contributed by atoms with Crippen LogP contribution in [0.5, 0.6) is 0 Å². The van der Waals surface area contributed by atoms with Gasteiger partial charge in [0.25, 0.3) is 0 Å². The Morgan fingerprint density at radius 1 is 1.23 bits per heavy atom. The molecular formula is C17H24Cl2N2O4S. The van der Waals surface area contributed by atoms with E-state index in [2.05, 4.69) is 0 Å². The zero-order chi connectivity index (χ0) is 19.7. The van der Waals surface area contributed by atoms with Crippen LogP contribution in [0.2, 0.25) is 10.0 Å². The van der Waals surface area contributed by atoms with Crippen LogP contribution in [-0.4, -0.2) is 55.0 Å². The number of ether oxygens (including phenoxy) is 1. The SMILES string of the molecule is CC1CN(C(=O)OC(C)(C)C)CCN1S(=O)(=O)Cc1c(Cl)cccc1Cl. The van der Waals surface area contributed by atoms with Gasteiger partial charge in [-0.1, -0.05) is 29.3 Å². The van der Waals surface area contributed by atoms with Gasteiger partial charge in [-0.3, -0.25) is 0 Å². The summed E-state index contributed by atoms with van der Waals surface area (Å²) in [5, 5.41) is 0.641. The predicted molar refractivity (Wildman–Crippen MR) is 103 cm³/mol. The summed E-state index contributed by atoms with van der Waals surface area (Å²) in [6, 6.07) is 4.52. The highest BCUT2D eigenvalue weighted by Gasteiger charge is 2.36. The Morgan fingerprint density at radius 3 is 2.31 bits per heavy atom. The molecule has 1 unspecified atom stereocenters. The third kappa shape index (κ3) is 5.25. The quantitative estimate of drug-likeness (QED) is 0.743. The summed E-state index contributed by atoms with van der Waals surface area (Å²) < 4.78 is 32.5. The fourth-order valence-corrected chi connectivity index (χ4v) is 5.29. The normalized spacial score (nSPS) is 19.5. The zero-order valence-corrected chi connectivity index (χ0v) is 17.7. The molecule has 0 bridgehead atoms. The first-order valence-electron chi connectivity index (χ1n) is 8.31. The Hall–Kier alpha value is -1.02. The fraction of sp³-hybridized carbons (Fsp3) is 0.588. The van der Waals surface area contributed by atoms with Gasteiger partial charge in [-0.05, 0) is 39.8 Å². The van der Waals surface area contributed by atoms with E-state index in [4.69, 9.17) is 27.9 Å². The van der Waals surface area contributed by atoms with Gasteiger partial charge in [-0.25, -0.2) is 13.2 Å². The molecule has 6 nitrogen and oxygen atoms in total. The molecule has 0 aliphatic carbocycles. The number of nitrogens with zero attached hydrogens (tertiary/aromatic N) is 2. The molecule has 26 heavy (non-hydrogen) atoms. The summed E-state index contributed by atoms with van der Waals surface area (Å²) in [5.74, 6) is -0.276. The number of hydrogen-bond acceptors (Lipinski definition) is 4. The maximum Gasteiger partial charge on any atom is 0.410 e. The smallest absolute Gasteiger partial charge is 0.410 e. The van der Waals surface area contributed by atoms with Crippen molar-refractivity contribution in [1.82, 2.24) is 9.21 Å². The first-order valence-corrected chi connectivity index (χ1v) is 10.7. The lowest BCUT2D eigenvalue weighted by atomic mass is 10.2. The molecule has 1 aliphatic heterocycles. The van der Waals surface area contributed by atoms with Crippen molar-refractivity contribution in [3.05, 3.63) is 33.8 Å². The van der Waals surface area contributed by atoms with Gasteiger partial charge < -0.3 is 9.64 Å². The van der Waals surface area contributed by atoms with E-state index in [0.29, 0.717) is 15.6 Å². The van der Waals surface area contributed by atoms with E-state index in [-0.39, 0.29) is 31.4 Å². The molecule has 1 aliphatic rings. The van der Waals surface area contributed by atoms with E-state index in [1.165, 1.54) is 9.21 Å². The average molecular weight is 423 g/mol. The van der Waals surface area contributed by atoms with Crippen molar-refractivity contribution in [2.45, 2.75) is 45.1 Å². The number of piperazine rings is 1. The number of carbonyl (C=O) groups excluding carboxylic acids is 1. The van der Waals surface area contributed by atoms with Crippen molar-refractivity contribution >= 4 is 39.3 Å². The molecule has 1 atom stereocenters. The van der Waals surface area contributed by atoms with E-state index < -0.39 is 21.7 Å². The van der Waals surface area contributed by atoms with Crippen LogP contribution in [0, 0.1) is 0 Å². The molecule has 2 rings (SSSR count). The van der Waals surface area contributed by atoms with Gasteiger partial charge in [0, 0.05) is 41.3 Å². The zero-order valence-electron chi connectivity index (χ0n) is 15.3. The van der Waals surface area contributed by atoms with Gasteiger partial charge >= 0.3 is 6.09 Å². The molecule has 1 heterocycles. The number of hydrogen-bond donors (Lipinski definition) is 0. The van der Waals surface area contributed by atoms with Crippen LogP contribution < -0.4 is 0 Å². The minimum absolute atomic E-state index is 0.199. The van der Waals surface area contributed by atoms with Crippen molar-refractivity contribution in [2.75, 3.05) is 19.6 Å². The maximum absolute atomic E-state index is 12.8. The highest BCUT2D eigenvalue weighted by Crippen LogP contribution is 2.28. The van der Waals surface area contributed by atoms with Crippen molar-refractivity contribution in [2.24, 2.45) is 0 Å².